The van der Waals surface area contributed by atoms with E-state index in [9.17, 15) is 10.1 Å². The van der Waals surface area contributed by atoms with Gasteiger partial charge in [-0.15, -0.1) is 5.10 Å². The minimum Gasteiger partial charge on any atom is -0.283 e. The number of rotatable bonds is 6. The molecule has 0 amide bonds. The quantitative estimate of drug-likeness (QED) is 0.341. The van der Waals surface area contributed by atoms with Crippen molar-refractivity contribution in [3.05, 3.63) is 93.7 Å². The monoisotopic (exact) mass is 483 g/mol. The van der Waals surface area contributed by atoms with Crippen LogP contribution in [-0.2, 0) is 12.8 Å². The third-order valence-corrected chi connectivity index (χ3v) is 6.71. The van der Waals surface area contributed by atoms with Gasteiger partial charge in [0.15, 0.2) is 5.69 Å². The lowest BCUT2D eigenvalue weighted by molar-refractivity contribution is 0.630. The van der Waals surface area contributed by atoms with E-state index in [4.69, 9.17) is 0 Å². The van der Waals surface area contributed by atoms with E-state index in [1.807, 2.05) is 81.6 Å². The van der Waals surface area contributed by atoms with Crippen LogP contribution in [0.4, 0.5) is 0 Å². The number of para-hydroxylation sites is 2. The average molecular weight is 484 g/mol. The fourth-order valence-electron chi connectivity index (χ4n) is 3.98. The predicted octanol–water partition coefficient (Wildman–Crippen LogP) is 3.12. The zero-order chi connectivity index (χ0) is 24.5. The fourth-order valence-corrected chi connectivity index (χ4v) is 4.85. The van der Waals surface area contributed by atoms with Crippen LogP contribution in [0.1, 0.15) is 22.6 Å². The van der Waals surface area contributed by atoms with Crippen molar-refractivity contribution in [3.8, 4) is 23.1 Å². The highest BCUT2D eigenvalue weighted by Gasteiger charge is 2.23. The third-order valence-electron chi connectivity index (χ3n) is 5.78. The Morgan fingerprint density at radius 1 is 0.971 bits per heavy atom. The van der Waals surface area contributed by atoms with Crippen molar-refractivity contribution in [1.82, 2.24) is 39.4 Å². The Bertz CT molecular complexity index is 1600. The van der Waals surface area contributed by atoms with Gasteiger partial charge in [0.05, 0.1) is 34.0 Å². The number of aryl methyl sites for hydroxylation is 1. The molecular formula is C24H21N9OS. The second kappa shape index (κ2) is 9.08. The van der Waals surface area contributed by atoms with E-state index >= 15 is 0 Å². The normalized spacial score (nSPS) is 11.0. The largest absolute Gasteiger partial charge is 0.297 e. The predicted molar refractivity (Wildman–Crippen MR) is 131 cm³/mol. The lowest BCUT2D eigenvalue weighted by atomic mass is 10.2. The summed E-state index contributed by atoms with van der Waals surface area (Å²) >= 11 is 1.34. The number of nitriles is 1. The van der Waals surface area contributed by atoms with Crippen LogP contribution in [-0.4, -0.2) is 39.4 Å². The zero-order valence-corrected chi connectivity index (χ0v) is 20.1. The molecule has 0 bridgehead atoms. The maximum Gasteiger partial charge on any atom is 0.297 e. The summed E-state index contributed by atoms with van der Waals surface area (Å²) in [5.74, 6) is 0.387. The molecule has 0 radical (unpaired) electrons. The Morgan fingerprint density at radius 2 is 1.63 bits per heavy atom. The molecule has 3 heterocycles. The highest BCUT2D eigenvalue weighted by Crippen LogP contribution is 2.27. The van der Waals surface area contributed by atoms with E-state index in [2.05, 4.69) is 26.7 Å². The molecule has 3 aromatic heterocycles. The first-order valence-corrected chi connectivity index (χ1v) is 11.8. The first kappa shape index (κ1) is 22.4. The molecule has 0 saturated heterocycles. The second-order valence-electron chi connectivity index (χ2n) is 7.84. The van der Waals surface area contributed by atoms with Crippen LogP contribution < -0.4 is 5.56 Å². The number of thioether (sulfide) groups is 1. The number of nitrogens with zero attached hydrogens (tertiary/aromatic N) is 9. The molecule has 0 spiro atoms. The van der Waals surface area contributed by atoms with E-state index in [1.54, 1.807) is 14.0 Å². The summed E-state index contributed by atoms with van der Waals surface area (Å²) in [6, 6.07) is 21.3. The second-order valence-corrected chi connectivity index (χ2v) is 8.78. The molecule has 0 aliphatic rings. The molecule has 5 aromatic rings. The van der Waals surface area contributed by atoms with Crippen molar-refractivity contribution in [2.45, 2.75) is 24.8 Å². The van der Waals surface area contributed by atoms with Crippen molar-refractivity contribution in [2.75, 3.05) is 0 Å². The number of benzene rings is 2. The van der Waals surface area contributed by atoms with Crippen molar-refractivity contribution >= 4 is 11.8 Å². The van der Waals surface area contributed by atoms with Gasteiger partial charge in [-0.05, 0) is 48.5 Å². The SMILES string of the molecule is Cc1nn(-c2ccccc2)c(CSc2nnnn2-c2c(C)n(C)n(-c3ccccc3)c2=O)c1C#N. The van der Waals surface area contributed by atoms with Gasteiger partial charge < -0.3 is 0 Å². The maximum atomic E-state index is 13.4. The molecule has 0 unspecified atom stereocenters. The van der Waals surface area contributed by atoms with E-state index in [-0.39, 0.29) is 5.56 Å². The van der Waals surface area contributed by atoms with Crippen LogP contribution in [0, 0.1) is 25.2 Å². The highest BCUT2D eigenvalue weighted by molar-refractivity contribution is 7.98. The van der Waals surface area contributed by atoms with E-state index in [0.717, 1.165) is 22.8 Å². The summed E-state index contributed by atoms with van der Waals surface area (Å²) in [6.45, 7) is 3.67. The molecule has 0 fully saturated rings. The number of hydrogen-bond acceptors (Lipinski definition) is 7. The summed E-state index contributed by atoms with van der Waals surface area (Å²) in [6.07, 6.45) is 0. The average Bonchev–Trinajstić information content (AvgIpc) is 3.53. The summed E-state index contributed by atoms with van der Waals surface area (Å²) < 4.78 is 6.60. The minimum atomic E-state index is -0.228. The molecule has 11 heteroatoms. The molecule has 0 N–H and O–H groups in total. The van der Waals surface area contributed by atoms with Crippen LogP contribution in [0.3, 0.4) is 0 Å². The zero-order valence-electron chi connectivity index (χ0n) is 19.3. The van der Waals surface area contributed by atoms with Gasteiger partial charge in [0.2, 0.25) is 5.16 Å². The Kier molecular flexibility index (Phi) is 5.80. The Labute approximate surface area is 205 Å². The molecule has 2 aromatic carbocycles. The van der Waals surface area contributed by atoms with E-state index < -0.39 is 0 Å². The van der Waals surface area contributed by atoms with Gasteiger partial charge in [-0.3, -0.25) is 9.48 Å². The number of tetrazole rings is 1. The molecular weight excluding hydrogens is 462 g/mol. The van der Waals surface area contributed by atoms with Crippen molar-refractivity contribution < 1.29 is 0 Å². The van der Waals surface area contributed by atoms with Crippen LogP contribution in [0.2, 0.25) is 0 Å². The number of hydrogen-bond donors (Lipinski definition) is 0. The molecule has 0 atom stereocenters. The van der Waals surface area contributed by atoms with Gasteiger partial charge in [0, 0.05) is 12.8 Å². The molecule has 10 nitrogen and oxygen atoms in total. The van der Waals surface area contributed by atoms with Crippen LogP contribution in [0.25, 0.3) is 17.1 Å². The highest BCUT2D eigenvalue weighted by atomic mass is 32.2. The van der Waals surface area contributed by atoms with Crippen LogP contribution in [0.5, 0.6) is 0 Å². The Hall–Kier alpha value is -4.43. The molecule has 174 valence electrons. The summed E-state index contributed by atoms with van der Waals surface area (Å²) in [4.78, 5) is 13.4. The van der Waals surface area contributed by atoms with Crippen LogP contribution in [0.15, 0.2) is 70.6 Å². The van der Waals surface area contributed by atoms with Gasteiger partial charge in [-0.1, -0.05) is 48.2 Å². The molecule has 0 saturated carbocycles. The standard InChI is InChI=1S/C24H21N9OS/c1-16-20(14-25)21(31(27-16)18-10-6-4-7-11-18)15-35-24-26-28-29-32(24)22-17(2)30(3)33(23(22)34)19-12-8-5-9-13-19/h4-13H,15H2,1-3H3. The van der Waals surface area contributed by atoms with E-state index in [1.165, 1.54) is 16.4 Å². The van der Waals surface area contributed by atoms with Gasteiger partial charge in [0.1, 0.15) is 6.07 Å². The Balaban J connectivity index is 1.53. The topological polar surface area (TPSA) is 112 Å². The minimum absolute atomic E-state index is 0.228. The lowest BCUT2D eigenvalue weighted by Crippen LogP contribution is -2.22. The van der Waals surface area contributed by atoms with Crippen LogP contribution >= 0.6 is 11.8 Å². The molecule has 35 heavy (non-hydrogen) atoms. The Morgan fingerprint density at radius 3 is 2.29 bits per heavy atom. The number of aromatic nitrogens is 8. The van der Waals surface area contributed by atoms with Gasteiger partial charge in [0.25, 0.3) is 5.56 Å². The summed E-state index contributed by atoms with van der Waals surface area (Å²) in [7, 11) is 1.82. The summed E-state index contributed by atoms with van der Waals surface area (Å²) in [5.41, 5.74) is 4.37. The smallest absolute Gasteiger partial charge is 0.283 e. The third kappa shape index (κ3) is 3.83. The van der Waals surface area contributed by atoms with Crippen molar-refractivity contribution in [3.63, 3.8) is 0 Å². The molecule has 5 rings (SSSR count). The fraction of sp³-hybridized carbons (Fsp3) is 0.167. The van der Waals surface area contributed by atoms with Gasteiger partial charge >= 0.3 is 0 Å². The summed E-state index contributed by atoms with van der Waals surface area (Å²) in [5, 5.41) is 26.9. The molecule has 0 aliphatic carbocycles. The van der Waals surface area contributed by atoms with Crippen molar-refractivity contribution in [1.29, 1.82) is 5.26 Å². The van der Waals surface area contributed by atoms with E-state index in [0.29, 0.717) is 27.9 Å². The first-order valence-electron chi connectivity index (χ1n) is 10.8. The first-order chi connectivity index (χ1) is 17.0. The molecule has 0 aliphatic heterocycles. The van der Waals surface area contributed by atoms with Gasteiger partial charge in [-0.2, -0.15) is 15.0 Å². The van der Waals surface area contributed by atoms with Crippen molar-refractivity contribution in [2.24, 2.45) is 7.05 Å². The lowest BCUT2D eigenvalue weighted by Gasteiger charge is -2.08. The van der Waals surface area contributed by atoms with Gasteiger partial charge in [-0.25, -0.2) is 9.36 Å². The maximum absolute atomic E-state index is 13.4.